The zero-order valence-electron chi connectivity index (χ0n) is 7.28. The molecule has 0 rings (SSSR count). The van der Waals surface area contributed by atoms with Gasteiger partial charge in [0.25, 0.3) is 0 Å². The second-order valence-corrected chi connectivity index (χ2v) is 3.59. The van der Waals surface area contributed by atoms with E-state index in [0.29, 0.717) is 5.75 Å². The second kappa shape index (κ2) is 6.12. The molecule has 0 atom stereocenters. The first-order chi connectivity index (χ1) is 5.98. The lowest BCUT2D eigenvalue weighted by atomic mass is 10.5. The summed E-state index contributed by atoms with van der Waals surface area (Å²) in [5, 5.41) is 1.80. The van der Waals surface area contributed by atoms with Gasteiger partial charge in [0.05, 0.1) is 0 Å². The standard InChI is InChI=1S/C7H12F3NOS/c1-2-4-13-5-3-11-6(12)7(8,9)10/h2-5H2,1H3,(H,11,12). The van der Waals surface area contributed by atoms with Crippen LogP contribution in [0.4, 0.5) is 13.2 Å². The van der Waals surface area contributed by atoms with Gasteiger partial charge in [-0.25, -0.2) is 0 Å². The number of alkyl halides is 3. The lowest BCUT2D eigenvalue weighted by Gasteiger charge is -2.06. The number of carbonyl (C=O) groups excluding carboxylic acids is 1. The molecule has 0 aliphatic rings. The molecule has 0 radical (unpaired) electrons. The van der Waals surface area contributed by atoms with Crippen LogP contribution >= 0.6 is 11.8 Å². The predicted octanol–water partition coefficient (Wildman–Crippen LogP) is 1.81. The van der Waals surface area contributed by atoms with Crippen LogP contribution < -0.4 is 5.32 Å². The van der Waals surface area contributed by atoms with Crippen LogP contribution in [0.25, 0.3) is 0 Å². The van der Waals surface area contributed by atoms with E-state index in [1.165, 1.54) is 11.8 Å². The van der Waals surface area contributed by atoms with Crippen molar-refractivity contribution in [3.05, 3.63) is 0 Å². The van der Waals surface area contributed by atoms with Crippen LogP contribution in [0.5, 0.6) is 0 Å². The summed E-state index contributed by atoms with van der Waals surface area (Å²) < 4.78 is 34.8. The van der Waals surface area contributed by atoms with E-state index in [4.69, 9.17) is 0 Å². The van der Waals surface area contributed by atoms with Crippen LogP contribution in [-0.4, -0.2) is 30.1 Å². The maximum Gasteiger partial charge on any atom is 0.471 e. The Balaban J connectivity index is 3.38. The molecule has 0 fully saturated rings. The lowest BCUT2D eigenvalue weighted by Crippen LogP contribution is -2.37. The first-order valence-electron chi connectivity index (χ1n) is 3.91. The van der Waals surface area contributed by atoms with Gasteiger partial charge in [-0.15, -0.1) is 0 Å². The fourth-order valence-electron chi connectivity index (χ4n) is 0.583. The van der Waals surface area contributed by atoms with Gasteiger partial charge in [-0.2, -0.15) is 24.9 Å². The summed E-state index contributed by atoms with van der Waals surface area (Å²) in [5.74, 6) is -0.429. The number of nitrogens with one attached hydrogen (secondary N) is 1. The average Bonchev–Trinajstić information content (AvgIpc) is 2.02. The van der Waals surface area contributed by atoms with Crippen molar-refractivity contribution in [2.45, 2.75) is 19.5 Å². The second-order valence-electron chi connectivity index (χ2n) is 2.37. The molecule has 0 saturated carbocycles. The van der Waals surface area contributed by atoms with Crippen LogP contribution in [-0.2, 0) is 4.79 Å². The van der Waals surface area contributed by atoms with Crippen molar-refractivity contribution in [3.63, 3.8) is 0 Å². The minimum atomic E-state index is -4.75. The SMILES string of the molecule is CCCSCCNC(=O)C(F)(F)F. The Morgan fingerprint density at radius 3 is 2.46 bits per heavy atom. The molecule has 13 heavy (non-hydrogen) atoms. The number of rotatable bonds is 5. The zero-order valence-corrected chi connectivity index (χ0v) is 8.10. The summed E-state index contributed by atoms with van der Waals surface area (Å²) in [6.45, 7) is 2.06. The lowest BCUT2D eigenvalue weighted by molar-refractivity contribution is -0.173. The smallest absolute Gasteiger partial charge is 0.347 e. The Morgan fingerprint density at radius 2 is 2.00 bits per heavy atom. The van der Waals surface area contributed by atoms with Gasteiger partial charge in [0, 0.05) is 12.3 Å². The van der Waals surface area contributed by atoms with Crippen molar-refractivity contribution >= 4 is 17.7 Å². The Morgan fingerprint density at radius 1 is 1.38 bits per heavy atom. The molecule has 78 valence electrons. The van der Waals surface area contributed by atoms with Gasteiger partial charge in [-0.1, -0.05) is 6.92 Å². The van der Waals surface area contributed by atoms with E-state index in [9.17, 15) is 18.0 Å². The Hall–Kier alpha value is -0.390. The molecule has 1 amide bonds. The van der Waals surface area contributed by atoms with Gasteiger partial charge in [-0.05, 0) is 12.2 Å². The van der Waals surface area contributed by atoms with Gasteiger partial charge < -0.3 is 5.32 Å². The van der Waals surface area contributed by atoms with Gasteiger partial charge in [0.15, 0.2) is 0 Å². The van der Waals surface area contributed by atoms with Gasteiger partial charge in [0.2, 0.25) is 0 Å². The van der Waals surface area contributed by atoms with Crippen LogP contribution in [0.1, 0.15) is 13.3 Å². The Bertz CT molecular complexity index is 160. The topological polar surface area (TPSA) is 29.1 Å². The molecular formula is C7H12F3NOS. The summed E-state index contributed by atoms with van der Waals surface area (Å²) in [6, 6.07) is 0. The minimum absolute atomic E-state index is 0.0724. The molecule has 0 aromatic carbocycles. The summed E-state index contributed by atoms with van der Waals surface area (Å²) in [6.07, 6.45) is -3.77. The van der Waals surface area contributed by atoms with Crippen LogP contribution in [0.3, 0.4) is 0 Å². The number of hydrogen-bond acceptors (Lipinski definition) is 2. The first-order valence-corrected chi connectivity index (χ1v) is 5.06. The fourth-order valence-corrected chi connectivity index (χ4v) is 1.32. The van der Waals surface area contributed by atoms with Crippen molar-refractivity contribution in [1.29, 1.82) is 0 Å². The Kier molecular flexibility index (Phi) is 5.94. The molecule has 2 nitrogen and oxygen atoms in total. The molecular weight excluding hydrogens is 203 g/mol. The third-order valence-electron chi connectivity index (χ3n) is 1.14. The van der Waals surface area contributed by atoms with Crippen molar-refractivity contribution in [2.75, 3.05) is 18.1 Å². The zero-order chi connectivity index (χ0) is 10.3. The fraction of sp³-hybridized carbons (Fsp3) is 0.857. The van der Waals surface area contributed by atoms with Gasteiger partial charge >= 0.3 is 12.1 Å². The molecule has 0 aromatic rings. The molecule has 0 aromatic heterocycles. The highest BCUT2D eigenvalue weighted by Crippen LogP contribution is 2.13. The summed E-state index contributed by atoms with van der Waals surface area (Å²) >= 11 is 1.52. The molecule has 1 N–H and O–H groups in total. The van der Waals surface area contributed by atoms with E-state index >= 15 is 0 Å². The summed E-state index contributed by atoms with van der Waals surface area (Å²) in [4.78, 5) is 10.3. The van der Waals surface area contributed by atoms with E-state index in [0.717, 1.165) is 12.2 Å². The van der Waals surface area contributed by atoms with E-state index < -0.39 is 12.1 Å². The molecule has 0 aliphatic carbocycles. The molecule has 0 saturated heterocycles. The average molecular weight is 215 g/mol. The minimum Gasteiger partial charge on any atom is -0.347 e. The van der Waals surface area contributed by atoms with Gasteiger partial charge in [0.1, 0.15) is 0 Å². The third kappa shape index (κ3) is 6.74. The molecule has 0 spiro atoms. The predicted molar refractivity (Wildman–Crippen MR) is 46.7 cm³/mol. The highest BCUT2D eigenvalue weighted by Gasteiger charge is 2.38. The quantitative estimate of drug-likeness (QED) is 0.709. The summed E-state index contributed by atoms with van der Waals surface area (Å²) in [7, 11) is 0. The summed E-state index contributed by atoms with van der Waals surface area (Å²) in [5.41, 5.74) is 0. The number of halogens is 3. The van der Waals surface area contributed by atoms with E-state index in [1.54, 1.807) is 5.32 Å². The normalized spacial score (nSPS) is 11.4. The van der Waals surface area contributed by atoms with E-state index in [2.05, 4.69) is 0 Å². The Labute approximate surface area is 79.3 Å². The highest BCUT2D eigenvalue weighted by atomic mass is 32.2. The van der Waals surface area contributed by atoms with Gasteiger partial charge in [-0.3, -0.25) is 4.79 Å². The molecule has 0 heterocycles. The maximum atomic E-state index is 11.6. The molecule has 0 unspecified atom stereocenters. The van der Waals surface area contributed by atoms with Crippen molar-refractivity contribution in [2.24, 2.45) is 0 Å². The number of amides is 1. The molecule has 0 bridgehead atoms. The third-order valence-corrected chi connectivity index (χ3v) is 2.33. The van der Waals surface area contributed by atoms with E-state index in [-0.39, 0.29) is 6.54 Å². The number of hydrogen-bond donors (Lipinski definition) is 1. The number of thioether (sulfide) groups is 1. The number of carbonyl (C=O) groups is 1. The maximum absolute atomic E-state index is 11.6. The first kappa shape index (κ1) is 12.6. The van der Waals surface area contributed by atoms with E-state index in [1.807, 2.05) is 6.92 Å². The van der Waals surface area contributed by atoms with Crippen molar-refractivity contribution in [3.8, 4) is 0 Å². The highest BCUT2D eigenvalue weighted by molar-refractivity contribution is 7.99. The van der Waals surface area contributed by atoms with Crippen LogP contribution in [0.15, 0.2) is 0 Å². The molecule has 6 heteroatoms. The van der Waals surface area contributed by atoms with Crippen molar-refractivity contribution in [1.82, 2.24) is 5.32 Å². The monoisotopic (exact) mass is 215 g/mol. The molecule has 0 aliphatic heterocycles. The largest absolute Gasteiger partial charge is 0.471 e. The van der Waals surface area contributed by atoms with Crippen LogP contribution in [0.2, 0.25) is 0 Å². The van der Waals surface area contributed by atoms with Crippen molar-refractivity contribution < 1.29 is 18.0 Å². The van der Waals surface area contributed by atoms with Crippen LogP contribution in [0, 0.1) is 0 Å².